The third kappa shape index (κ3) is 3.91. The third-order valence-electron chi connectivity index (χ3n) is 5.48. The number of anilines is 1. The average molecular weight is 330 g/mol. The zero-order chi connectivity index (χ0) is 17.1. The number of aromatic nitrogens is 1. The summed E-state index contributed by atoms with van der Waals surface area (Å²) in [5.41, 5.74) is 2.44. The standard InChI is InChI=1S/C22H22N2O/c25-22(15-19-13-17-7-9-18(19)12-17)24-21-6-3-4-16(14-21)8-10-20-5-1-2-11-23-20/h1-6,11,14,17-19H,7,9,12-13,15H2,(H,24,25). The summed E-state index contributed by atoms with van der Waals surface area (Å²) in [5.74, 6) is 8.54. The highest BCUT2D eigenvalue weighted by molar-refractivity contribution is 5.91. The maximum absolute atomic E-state index is 12.4. The van der Waals surface area contributed by atoms with Crippen molar-refractivity contribution in [3.05, 3.63) is 59.9 Å². The first kappa shape index (κ1) is 15.9. The zero-order valence-corrected chi connectivity index (χ0v) is 14.2. The molecule has 4 rings (SSSR count). The van der Waals surface area contributed by atoms with Gasteiger partial charge >= 0.3 is 0 Å². The van der Waals surface area contributed by atoms with Crippen molar-refractivity contribution in [1.29, 1.82) is 0 Å². The van der Waals surface area contributed by atoms with Gasteiger partial charge in [-0.05, 0) is 73.3 Å². The molecule has 2 aliphatic rings. The van der Waals surface area contributed by atoms with E-state index in [4.69, 9.17) is 0 Å². The molecule has 3 nitrogen and oxygen atoms in total. The lowest BCUT2D eigenvalue weighted by molar-refractivity contribution is -0.117. The van der Waals surface area contributed by atoms with Crippen LogP contribution in [0.1, 0.15) is 43.4 Å². The van der Waals surface area contributed by atoms with E-state index >= 15 is 0 Å². The number of rotatable bonds is 3. The van der Waals surface area contributed by atoms with E-state index < -0.39 is 0 Å². The summed E-state index contributed by atoms with van der Waals surface area (Å²) in [6.07, 6.45) is 7.67. The third-order valence-corrected chi connectivity index (χ3v) is 5.48. The second-order valence-corrected chi connectivity index (χ2v) is 7.23. The highest BCUT2D eigenvalue weighted by Crippen LogP contribution is 2.49. The topological polar surface area (TPSA) is 42.0 Å². The summed E-state index contributed by atoms with van der Waals surface area (Å²) in [6, 6.07) is 13.4. The second kappa shape index (κ2) is 7.11. The van der Waals surface area contributed by atoms with Gasteiger partial charge in [0.05, 0.1) is 0 Å². The number of fused-ring (bicyclic) bond motifs is 2. The maximum Gasteiger partial charge on any atom is 0.224 e. The number of nitrogens with one attached hydrogen (secondary N) is 1. The molecule has 3 atom stereocenters. The van der Waals surface area contributed by atoms with Crippen LogP contribution >= 0.6 is 0 Å². The molecule has 0 radical (unpaired) electrons. The van der Waals surface area contributed by atoms with Gasteiger partial charge < -0.3 is 5.32 Å². The van der Waals surface area contributed by atoms with Crippen molar-refractivity contribution in [2.45, 2.75) is 32.1 Å². The number of benzene rings is 1. The Kier molecular flexibility index (Phi) is 4.52. The Bertz CT molecular complexity index is 819. The van der Waals surface area contributed by atoms with Crippen LogP contribution < -0.4 is 5.32 Å². The molecule has 1 aromatic heterocycles. The first-order valence-corrected chi connectivity index (χ1v) is 9.09. The summed E-state index contributed by atoms with van der Waals surface area (Å²) in [7, 11) is 0. The molecular weight excluding hydrogens is 308 g/mol. The van der Waals surface area contributed by atoms with Crippen LogP contribution in [0.3, 0.4) is 0 Å². The van der Waals surface area contributed by atoms with Crippen LogP contribution in [-0.2, 0) is 4.79 Å². The number of pyridine rings is 1. The van der Waals surface area contributed by atoms with Gasteiger partial charge in [-0.3, -0.25) is 4.79 Å². The second-order valence-electron chi connectivity index (χ2n) is 7.23. The van der Waals surface area contributed by atoms with Crippen molar-refractivity contribution < 1.29 is 4.79 Å². The van der Waals surface area contributed by atoms with Crippen LogP contribution in [0.2, 0.25) is 0 Å². The SMILES string of the molecule is O=C(CC1CC2CCC1C2)Nc1cccc(C#Cc2ccccn2)c1. The quantitative estimate of drug-likeness (QED) is 0.855. The number of nitrogens with zero attached hydrogens (tertiary/aromatic N) is 1. The van der Waals surface area contributed by atoms with Crippen LogP contribution in [0.25, 0.3) is 0 Å². The van der Waals surface area contributed by atoms with E-state index in [1.165, 1.54) is 25.7 Å². The Hall–Kier alpha value is -2.60. The van der Waals surface area contributed by atoms with Gasteiger partial charge in [0.1, 0.15) is 5.69 Å². The van der Waals surface area contributed by atoms with E-state index in [2.05, 4.69) is 22.1 Å². The van der Waals surface area contributed by atoms with Crippen molar-refractivity contribution >= 4 is 11.6 Å². The van der Waals surface area contributed by atoms with Crippen LogP contribution in [-0.4, -0.2) is 10.9 Å². The normalized spacial score (nSPS) is 23.8. The van der Waals surface area contributed by atoms with E-state index in [0.717, 1.165) is 28.8 Å². The van der Waals surface area contributed by atoms with Crippen molar-refractivity contribution in [1.82, 2.24) is 4.98 Å². The van der Waals surface area contributed by atoms with Gasteiger partial charge in [0.15, 0.2) is 0 Å². The fourth-order valence-electron chi connectivity index (χ4n) is 4.32. The molecule has 2 bridgehead atoms. The summed E-state index contributed by atoms with van der Waals surface area (Å²) in [5, 5.41) is 3.04. The molecular formula is C22H22N2O. The fourth-order valence-corrected chi connectivity index (χ4v) is 4.32. The molecule has 2 saturated carbocycles. The summed E-state index contributed by atoms with van der Waals surface area (Å²) >= 11 is 0. The number of carbonyl (C=O) groups is 1. The molecule has 3 heteroatoms. The van der Waals surface area contributed by atoms with Crippen LogP contribution in [0.15, 0.2) is 48.7 Å². The molecule has 2 aromatic rings. The Morgan fingerprint density at radius 2 is 2.08 bits per heavy atom. The first-order valence-electron chi connectivity index (χ1n) is 9.09. The summed E-state index contributed by atoms with van der Waals surface area (Å²) < 4.78 is 0. The minimum Gasteiger partial charge on any atom is -0.326 e. The van der Waals surface area contributed by atoms with E-state index in [9.17, 15) is 4.79 Å². The fraction of sp³-hybridized carbons (Fsp3) is 0.364. The highest BCUT2D eigenvalue weighted by Gasteiger charge is 2.40. The predicted octanol–water partition coefficient (Wildman–Crippen LogP) is 4.25. The minimum absolute atomic E-state index is 0.132. The lowest BCUT2D eigenvalue weighted by atomic mass is 9.86. The molecule has 0 spiro atoms. The molecule has 1 N–H and O–H groups in total. The van der Waals surface area contributed by atoms with Crippen molar-refractivity contribution in [2.24, 2.45) is 17.8 Å². The Morgan fingerprint density at radius 3 is 2.84 bits per heavy atom. The van der Waals surface area contributed by atoms with E-state index in [-0.39, 0.29) is 5.91 Å². The Balaban J connectivity index is 1.38. The number of carbonyl (C=O) groups excluding carboxylic acids is 1. The monoisotopic (exact) mass is 330 g/mol. The van der Waals surface area contributed by atoms with Crippen LogP contribution in [0.5, 0.6) is 0 Å². The van der Waals surface area contributed by atoms with Crippen LogP contribution in [0.4, 0.5) is 5.69 Å². The van der Waals surface area contributed by atoms with Gasteiger partial charge in [0.25, 0.3) is 0 Å². The molecule has 1 heterocycles. The highest BCUT2D eigenvalue weighted by atomic mass is 16.1. The van der Waals surface area contributed by atoms with E-state index in [0.29, 0.717) is 12.3 Å². The van der Waals surface area contributed by atoms with Crippen LogP contribution in [0, 0.1) is 29.6 Å². The number of hydrogen-bond donors (Lipinski definition) is 1. The number of hydrogen-bond acceptors (Lipinski definition) is 2. The average Bonchev–Trinajstić information content (AvgIpc) is 3.24. The van der Waals surface area contributed by atoms with E-state index in [1.54, 1.807) is 6.20 Å². The smallest absolute Gasteiger partial charge is 0.224 e. The van der Waals surface area contributed by atoms with Crippen molar-refractivity contribution in [2.75, 3.05) is 5.32 Å². The lowest BCUT2D eigenvalue weighted by Gasteiger charge is -2.20. The maximum atomic E-state index is 12.4. The van der Waals surface area contributed by atoms with Gasteiger partial charge in [0.2, 0.25) is 5.91 Å². The van der Waals surface area contributed by atoms with Crippen molar-refractivity contribution in [3.8, 4) is 11.8 Å². The van der Waals surface area contributed by atoms with Gasteiger partial charge in [-0.25, -0.2) is 4.98 Å². The van der Waals surface area contributed by atoms with E-state index in [1.807, 2.05) is 42.5 Å². The zero-order valence-electron chi connectivity index (χ0n) is 14.2. The Morgan fingerprint density at radius 1 is 1.12 bits per heavy atom. The first-order chi connectivity index (χ1) is 12.3. The molecule has 2 fully saturated rings. The predicted molar refractivity (Wildman–Crippen MR) is 98.8 cm³/mol. The molecule has 3 unspecified atom stereocenters. The molecule has 126 valence electrons. The lowest BCUT2D eigenvalue weighted by Crippen LogP contribution is -2.20. The summed E-state index contributed by atoms with van der Waals surface area (Å²) in [4.78, 5) is 16.6. The molecule has 1 aromatic carbocycles. The molecule has 0 aliphatic heterocycles. The Labute approximate surface area is 148 Å². The molecule has 25 heavy (non-hydrogen) atoms. The summed E-state index contributed by atoms with van der Waals surface area (Å²) in [6.45, 7) is 0. The number of amides is 1. The van der Waals surface area contributed by atoms with Crippen molar-refractivity contribution in [3.63, 3.8) is 0 Å². The molecule has 1 amide bonds. The largest absolute Gasteiger partial charge is 0.326 e. The molecule has 0 saturated heterocycles. The van der Waals surface area contributed by atoms with Gasteiger partial charge in [-0.1, -0.05) is 24.5 Å². The minimum atomic E-state index is 0.132. The van der Waals surface area contributed by atoms with Gasteiger partial charge in [0, 0.05) is 23.9 Å². The van der Waals surface area contributed by atoms with Gasteiger partial charge in [-0.15, -0.1) is 0 Å². The molecule has 2 aliphatic carbocycles. The van der Waals surface area contributed by atoms with Gasteiger partial charge in [-0.2, -0.15) is 0 Å².